The number of hydrogen-bond donors (Lipinski definition) is 2. The number of nitrogens with two attached hydrogens (primary N) is 1. The van der Waals surface area contributed by atoms with E-state index in [1.165, 1.54) is 12.1 Å². The molecule has 9 heteroatoms. The van der Waals surface area contributed by atoms with Crippen molar-refractivity contribution < 1.29 is 18.7 Å². The lowest BCUT2D eigenvalue weighted by atomic mass is 10.0. The average Bonchev–Trinajstić information content (AvgIpc) is 2.80. The van der Waals surface area contributed by atoms with Gasteiger partial charge in [0.05, 0.1) is 12.6 Å². The van der Waals surface area contributed by atoms with E-state index in [0.29, 0.717) is 24.8 Å². The number of carbonyl (C=O) groups excluding carboxylic acids is 2. The molecule has 6 nitrogen and oxygen atoms in total. The lowest BCUT2D eigenvalue weighted by molar-refractivity contribution is -0.147. The Kier molecular flexibility index (Phi) is 11.4. The topological polar surface area (TPSA) is 84.7 Å². The molecule has 0 unspecified atom stereocenters. The van der Waals surface area contributed by atoms with E-state index >= 15 is 0 Å². The molecule has 180 valence electrons. The summed E-state index contributed by atoms with van der Waals surface area (Å²) in [5, 5.41) is 2.71. The molecule has 33 heavy (non-hydrogen) atoms. The number of halogens is 3. The van der Waals surface area contributed by atoms with Gasteiger partial charge in [0.1, 0.15) is 11.9 Å². The molecule has 0 bridgehead atoms. The quantitative estimate of drug-likeness (QED) is 0.327. The molecule has 0 radical (unpaired) electrons. The highest BCUT2D eigenvalue weighted by Gasteiger charge is 2.25. The average molecular weight is 498 g/mol. The van der Waals surface area contributed by atoms with E-state index in [1.807, 2.05) is 24.3 Å². The molecule has 2 aromatic carbocycles. The Morgan fingerprint density at radius 1 is 1.06 bits per heavy atom. The lowest BCUT2D eigenvalue weighted by Crippen LogP contribution is -2.50. The van der Waals surface area contributed by atoms with E-state index in [-0.39, 0.29) is 25.3 Å². The molecule has 0 aromatic heterocycles. The second-order valence-corrected chi connectivity index (χ2v) is 8.25. The minimum absolute atomic E-state index is 0.187. The zero-order valence-corrected chi connectivity index (χ0v) is 20.1. The summed E-state index contributed by atoms with van der Waals surface area (Å²) >= 11 is 11.8. The second-order valence-electron chi connectivity index (χ2n) is 7.49. The Morgan fingerprint density at radius 2 is 1.73 bits per heavy atom. The molecule has 0 heterocycles. The van der Waals surface area contributed by atoms with E-state index in [2.05, 4.69) is 10.2 Å². The van der Waals surface area contributed by atoms with Crippen molar-refractivity contribution in [2.24, 2.45) is 5.73 Å². The van der Waals surface area contributed by atoms with Crippen LogP contribution in [-0.4, -0.2) is 55.4 Å². The third-order valence-corrected chi connectivity index (χ3v) is 5.36. The summed E-state index contributed by atoms with van der Waals surface area (Å²) in [6.07, 6.45) is 0.445. The van der Waals surface area contributed by atoms with E-state index < -0.39 is 24.0 Å². The molecule has 2 rings (SSSR count). The van der Waals surface area contributed by atoms with E-state index in [0.717, 1.165) is 16.8 Å². The summed E-state index contributed by atoms with van der Waals surface area (Å²) < 4.78 is 18.3. The molecule has 0 aliphatic rings. The number of nitrogens with zero attached hydrogens (tertiary/aromatic N) is 1. The first-order chi connectivity index (χ1) is 15.9. The predicted molar refractivity (Wildman–Crippen MR) is 130 cm³/mol. The summed E-state index contributed by atoms with van der Waals surface area (Å²) in [5.41, 5.74) is 8.53. The van der Waals surface area contributed by atoms with Crippen molar-refractivity contribution in [3.8, 4) is 0 Å². The maximum Gasteiger partial charge on any atom is 0.328 e. The Hall–Kier alpha value is -2.35. The van der Waals surface area contributed by atoms with Gasteiger partial charge in [0.15, 0.2) is 0 Å². The van der Waals surface area contributed by atoms with Crippen molar-refractivity contribution >= 4 is 40.8 Å². The smallest absolute Gasteiger partial charge is 0.328 e. The number of rotatable bonds is 13. The molecule has 0 saturated carbocycles. The number of esters is 1. The Bertz CT molecular complexity index is 893. The van der Waals surface area contributed by atoms with Crippen LogP contribution in [-0.2, 0) is 27.2 Å². The highest BCUT2D eigenvalue weighted by Crippen LogP contribution is 2.18. The standard InChI is InChI=1S/C24H30Cl2FN3O3/c1-2-33-24(32)22(29-23(31)21(28)15-17-6-8-19(27)9-7-17)16-18-4-3-5-20(14-18)30(12-10-25)13-11-26/h3-9,14,21-22H,2,10-13,15-16,28H2,1H3,(H,29,31)/t21-,22-/m0/s1. The molecular formula is C24H30Cl2FN3O3. The van der Waals surface area contributed by atoms with Crippen LogP contribution in [0.1, 0.15) is 18.1 Å². The number of alkyl halides is 2. The van der Waals surface area contributed by atoms with Crippen LogP contribution in [0.15, 0.2) is 48.5 Å². The molecular weight excluding hydrogens is 468 g/mol. The van der Waals surface area contributed by atoms with Crippen molar-refractivity contribution in [3.05, 3.63) is 65.5 Å². The lowest BCUT2D eigenvalue weighted by Gasteiger charge is -2.24. The number of nitrogens with one attached hydrogen (secondary N) is 1. The van der Waals surface area contributed by atoms with Gasteiger partial charge in [-0.3, -0.25) is 4.79 Å². The summed E-state index contributed by atoms with van der Waals surface area (Å²) in [5.74, 6) is -0.483. The molecule has 2 atom stereocenters. The van der Waals surface area contributed by atoms with Crippen molar-refractivity contribution in [1.82, 2.24) is 5.32 Å². The van der Waals surface area contributed by atoms with Crippen LogP contribution in [0.4, 0.5) is 10.1 Å². The maximum atomic E-state index is 13.1. The molecule has 0 aliphatic carbocycles. The van der Waals surface area contributed by atoms with Crippen LogP contribution in [0.5, 0.6) is 0 Å². The normalized spacial score (nSPS) is 12.6. The van der Waals surface area contributed by atoms with Gasteiger partial charge < -0.3 is 20.7 Å². The van der Waals surface area contributed by atoms with E-state index in [9.17, 15) is 14.0 Å². The summed E-state index contributed by atoms with van der Waals surface area (Å²) in [7, 11) is 0. The fourth-order valence-corrected chi connectivity index (χ4v) is 3.78. The number of ether oxygens (including phenoxy) is 1. The van der Waals surface area contributed by atoms with Crippen LogP contribution in [0.2, 0.25) is 0 Å². The van der Waals surface area contributed by atoms with Gasteiger partial charge in [0, 0.05) is 37.0 Å². The number of hydrogen-bond acceptors (Lipinski definition) is 5. The fraction of sp³-hybridized carbons (Fsp3) is 0.417. The zero-order chi connectivity index (χ0) is 24.2. The first kappa shape index (κ1) is 26.9. The first-order valence-corrected chi connectivity index (χ1v) is 11.9. The monoisotopic (exact) mass is 497 g/mol. The van der Waals surface area contributed by atoms with Crippen LogP contribution < -0.4 is 16.0 Å². The summed E-state index contributed by atoms with van der Waals surface area (Å²) in [6, 6.07) is 11.6. The second kappa shape index (κ2) is 14.0. The van der Waals surface area contributed by atoms with Gasteiger partial charge in [-0.15, -0.1) is 23.2 Å². The largest absolute Gasteiger partial charge is 0.464 e. The number of carbonyl (C=O) groups is 2. The van der Waals surface area contributed by atoms with Crippen molar-refractivity contribution in [1.29, 1.82) is 0 Å². The summed E-state index contributed by atoms with van der Waals surface area (Å²) in [4.78, 5) is 27.3. The molecule has 0 spiro atoms. The Labute approximate surface area is 204 Å². The van der Waals surface area contributed by atoms with Crippen LogP contribution in [0.3, 0.4) is 0 Å². The van der Waals surface area contributed by atoms with Crippen molar-refractivity contribution in [2.75, 3.05) is 36.4 Å². The molecule has 0 aliphatic heterocycles. The minimum Gasteiger partial charge on any atom is -0.464 e. The molecule has 3 N–H and O–H groups in total. The summed E-state index contributed by atoms with van der Waals surface area (Å²) in [6.45, 7) is 3.15. The SMILES string of the molecule is CCOC(=O)[C@H](Cc1cccc(N(CCCl)CCCl)c1)NC(=O)[C@@H](N)Cc1ccc(F)cc1. The molecule has 0 fully saturated rings. The Morgan fingerprint density at radius 3 is 2.33 bits per heavy atom. The molecule has 0 saturated heterocycles. The van der Waals surface area contributed by atoms with Gasteiger partial charge in [-0.2, -0.15) is 0 Å². The number of benzene rings is 2. The number of amides is 1. The minimum atomic E-state index is -0.901. The third kappa shape index (κ3) is 8.84. The van der Waals surface area contributed by atoms with Gasteiger partial charge in [-0.25, -0.2) is 9.18 Å². The molecule has 1 amide bonds. The highest BCUT2D eigenvalue weighted by atomic mass is 35.5. The van der Waals surface area contributed by atoms with Gasteiger partial charge in [0.2, 0.25) is 5.91 Å². The van der Waals surface area contributed by atoms with Gasteiger partial charge in [-0.05, 0) is 48.7 Å². The molecule has 2 aromatic rings. The number of anilines is 1. The van der Waals surface area contributed by atoms with E-state index in [1.54, 1.807) is 19.1 Å². The van der Waals surface area contributed by atoms with Crippen molar-refractivity contribution in [2.45, 2.75) is 31.8 Å². The van der Waals surface area contributed by atoms with Gasteiger partial charge in [-0.1, -0.05) is 24.3 Å². The van der Waals surface area contributed by atoms with Crippen LogP contribution in [0.25, 0.3) is 0 Å². The van der Waals surface area contributed by atoms with Crippen LogP contribution >= 0.6 is 23.2 Å². The maximum absolute atomic E-state index is 13.1. The Balaban J connectivity index is 2.12. The zero-order valence-electron chi connectivity index (χ0n) is 18.6. The van der Waals surface area contributed by atoms with Crippen molar-refractivity contribution in [3.63, 3.8) is 0 Å². The van der Waals surface area contributed by atoms with E-state index in [4.69, 9.17) is 33.7 Å². The van der Waals surface area contributed by atoms with Gasteiger partial charge >= 0.3 is 5.97 Å². The predicted octanol–water partition coefficient (Wildman–Crippen LogP) is 3.27. The highest BCUT2D eigenvalue weighted by molar-refractivity contribution is 6.18. The fourth-order valence-electron chi connectivity index (χ4n) is 3.37. The third-order valence-electron chi connectivity index (χ3n) is 5.02. The van der Waals surface area contributed by atoms with Crippen LogP contribution in [0, 0.1) is 5.82 Å². The van der Waals surface area contributed by atoms with Gasteiger partial charge in [0.25, 0.3) is 0 Å². The first-order valence-electron chi connectivity index (χ1n) is 10.8.